The van der Waals surface area contributed by atoms with Crippen LogP contribution in [-0.2, 0) is 4.79 Å². The van der Waals surface area contributed by atoms with Gasteiger partial charge in [0.2, 0.25) is 0 Å². The highest BCUT2D eigenvalue weighted by Crippen LogP contribution is 2.15. The highest BCUT2D eigenvalue weighted by molar-refractivity contribution is 6.04. The topological polar surface area (TPSA) is 81.4 Å². The van der Waals surface area contributed by atoms with Gasteiger partial charge in [-0.05, 0) is 25.1 Å². The van der Waals surface area contributed by atoms with E-state index in [9.17, 15) is 9.59 Å². The van der Waals surface area contributed by atoms with Crippen LogP contribution in [0.4, 0.5) is 5.82 Å². The standard InChI is InChI=1S/C13H12N2O4/c1-8-6-12(15-19-8)14-13(17)10-4-3-5-11(7-10)18-9(2)16/h3-7H,1-2H3,(H,14,15,17). The van der Waals surface area contributed by atoms with E-state index in [4.69, 9.17) is 9.26 Å². The van der Waals surface area contributed by atoms with Crippen molar-refractivity contribution in [3.8, 4) is 5.75 Å². The van der Waals surface area contributed by atoms with Gasteiger partial charge in [0.25, 0.3) is 5.91 Å². The highest BCUT2D eigenvalue weighted by atomic mass is 16.5. The lowest BCUT2D eigenvalue weighted by Gasteiger charge is -2.04. The average Bonchev–Trinajstić information content (AvgIpc) is 2.74. The third kappa shape index (κ3) is 3.41. The lowest BCUT2D eigenvalue weighted by Crippen LogP contribution is -2.12. The van der Waals surface area contributed by atoms with Gasteiger partial charge in [0.15, 0.2) is 5.82 Å². The molecule has 1 heterocycles. The fourth-order valence-corrected chi connectivity index (χ4v) is 1.48. The smallest absolute Gasteiger partial charge is 0.308 e. The first-order valence-electron chi connectivity index (χ1n) is 5.58. The molecule has 0 unspecified atom stereocenters. The van der Waals surface area contributed by atoms with Crippen molar-refractivity contribution in [1.82, 2.24) is 5.16 Å². The van der Waals surface area contributed by atoms with Crippen LogP contribution in [0, 0.1) is 6.92 Å². The second kappa shape index (κ2) is 5.34. The van der Waals surface area contributed by atoms with Crippen LogP contribution in [0.25, 0.3) is 0 Å². The molecule has 2 aromatic rings. The average molecular weight is 260 g/mol. The summed E-state index contributed by atoms with van der Waals surface area (Å²) in [4.78, 5) is 22.8. The molecule has 0 aliphatic heterocycles. The van der Waals surface area contributed by atoms with Crippen molar-refractivity contribution in [2.45, 2.75) is 13.8 Å². The van der Waals surface area contributed by atoms with Gasteiger partial charge >= 0.3 is 5.97 Å². The molecule has 0 aliphatic carbocycles. The molecule has 0 atom stereocenters. The molecule has 0 aliphatic rings. The molecule has 1 aromatic heterocycles. The third-order valence-electron chi connectivity index (χ3n) is 2.23. The first kappa shape index (κ1) is 12.8. The zero-order valence-corrected chi connectivity index (χ0v) is 10.5. The molecule has 98 valence electrons. The Morgan fingerprint density at radius 1 is 1.32 bits per heavy atom. The number of rotatable bonds is 3. The molecule has 6 nitrogen and oxygen atoms in total. The van der Waals surface area contributed by atoms with E-state index >= 15 is 0 Å². The monoisotopic (exact) mass is 260 g/mol. The number of nitrogens with one attached hydrogen (secondary N) is 1. The minimum atomic E-state index is -0.440. The summed E-state index contributed by atoms with van der Waals surface area (Å²) in [6.07, 6.45) is 0. The minimum absolute atomic E-state index is 0.316. The molecule has 1 N–H and O–H groups in total. The zero-order valence-electron chi connectivity index (χ0n) is 10.5. The van der Waals surface area contributed by atoms with E-state index in [1.165, 1.54) is 13.0 Å². The van der Waals surface area contributed by atoms with Crippen LogP contribution in [0.15, 0.2) is 34.9 Å². The summed E-state index contributed by atoms with van der Waals surface area (Å²) >= 11 is 0. The Morgan fingerprint density at radius 2 is 2.11 bits per heavy atom. The largest absolute Gasteiger partial charge is 0.427 e. The Bertz CT molecular complexity index is 619. The molecular weight excluding hydrogens is 248 g/mol. The second-order valence-corrected chi connectivity index (χ2v) is 3.90. The Hall–Kier alpha value is -2.63. The molecule has 6 heteroatoms. The van der Waals surface area contributed by atoms with Crippen molar-refractivity contribution in [3.63, 3.8) is 0 Å². The minimum Gasteiger partial charge on any atom is -0.427 e. The Labute approximate surface area is 109 Å². The summed E-state index contributed by atoms with van der Waals surface area (Å²) in [5.41, 5.74) is 0.361. The number of ether oxygens (including phenoxy) is 1. The van der Waals surface area contributed by atoms with E-state index < -0.39 is 5.97 Å². The molecule has 0 saturated carbocycles. The van der Waals surface area contributed by atoms with Gasteiger partial charge in [0.05, 0.1) is 0 Å². The van der Waals surface area contributed by atoms with Gasteiger partial charge in [-0.3, -0.25) is 9.59 Å². The molecular formula is C13H12N2O4. The molecule has 0 spiro atoms. The van der Waals surface area contributed by atoms with Gasteiger partial charge in [0, 0.05) is 18.6 Å². The second-order valence-electron chi connectivity index (χ2n) is 3.90. The normalized spacial score (nSPS) is 10.0. The van der Waals surface area contributed by atoms with Gasteiger partial charge in [-0.15, -0.1) is 0 Å². The number of carbonyl (C=O) groups is 2. The number of carbonyl (C=O) groups excluding carboxylic acids is 2. The SMILES string of the molecule is CC(=O)Oc1cccc(C(=O)Nc2cc(C)on2)c1. The lowest BCUT2D eigenvalue weighted by atomic mass is 10.2. The summed E-state index contributed by atoms with van der Waals surface area (Å²) in [5, 5.41) is 6.24. The number of aromatic nitrogens is 1. The number of aryl methyl sites for hydroxylation is 1. The highest BCUT2D eigenvalue weighted by Gasteiger charge is 2.10. The summed E-state index contributed by atoms with van der Waals surface area (Å²) < 4.78 is 9.75. The van der Waals surface area contributed by atoms with Crippen molar-refractivity contribution in [3.05, 3.63) is 41.7 Å². The molecule has 0 fully saturated rings. The third-order valence-corrected chi connectivity index (χ3v) is 2.23. The van der Waals surface area contributed by atoms with E-state index in [2.05, 4.69) is 10.5 Å². The van der Waals surface area contributed by atoms with Crippen molar-refractivity contribution >= 4 is 17.7 Å². The number of hydrogen-bond donors (Lipinski definition) is 1. The number of benzene rings is 1. The van der Waals surface area contributed by atoms with Crippen molar-refractivity contribution in [1.29, 1.82) is 0 Å². The number of amides is 1. The van der Waals surface area contributed by atoms with E-state index in [0.29, 0.717) is 22.9 Å². The number of hydrogen-bond acceptors (Lipinski definition) is 5. The Kier molecular flexibility index (Phi) is 3.61. The van der Waals surface area contributed by atoms with E-state index in [1.807, 2.05) is 0 Å². The van der Waals surface area contributed by atoms with E-state index in [0.717, 1.165) is 0 Å². The van der Waals surface area contributed by atoms with Crippen LogP contribution in [0.2, 0.25) is 0 Å². The summed E-state index contributed by atoms with van der Waals surface area (Å²) in [6, 6.07) is 7.91. The fraction of sp³-hybridized carbons (Fsp3) is 0.154. The maximum absolute atomic E-state index is 11.9. The van der Waals surface area contributed by atoms with Gasteiger partial charge in [-0.1, -0.05) is 11.2 Å². The van der Waals surface area contributed by atoms with Gasteiger partial charge in [0.1, 0.15) is 11.5 Å². The Balaban J connectivity index is 2.12. The maximum Gasteiger partial charge on any atom is 0.308 e. The fourth-order valence-electron chi connectivity index (χ4n) is 1.48. The maximum atomic E-state index is 11.9. The van der Waals surface area contributed by atoms with Crippen LogP contribution in [0.5, 0.6) is 5.75 Å². The molecule has 0 radical (unpaired) electrons. The molecule has 0 saturated heterocycles. The predicted octanol–water partition coefficient (Wildman–Crippen LogP) is 2.16. The van der Waals surface area contributed by atoms with E-state index in [1.54, 1.807) is 31.2 Å². The number of anilines is 1. The van der Waals surface area contributed by atoms with Gasteiger partial charge in [-0.25, -0.2) is 0 Å². The summed E-state index contributed by atoms with van der Waals surface area (Å²) in [6.45, 7) is 3.02. The van der Waals surface area contributed by atoms with Crippen molar-refractivity contribution in [2.24, 2.45) is 0 Å². The lowest BCUT2D eigenvalue weighted by molar-refractivity contribution is -0.131. The van der Waals surface area contributed by atoms with Crippen LogP contribution in [0.3, 0.4) is 0 Å². The van der Waals surface area contributed by atoms with Crippen molar-refractivity contribution in [2.75, 3.05) is 5.32 Å². The van der Waals surface area contributed by atoms with Crippen LogP contribution in [0.1, 0.15) is 23.0 Å². The van der Waals surface area contributed by atoms with Gasteiger partial charge < -0.3 is 14.6 Å². The molecule has 1 aromatic carbocycles. The molecule has 2 rings (SSSR count). The first-order chi connectivity index (χ1) is 9.04. The van der Waals surface area contributed by atoms with E-state index in [-0.39, 0.29) is 5.91 Å². The predicted molar refractivity (Wildman–Crippen MR) is 66.9 cm³/mol. The molecule has 19 heavy (non-hydrogen) atoms. The number of nitrogens with zero attached hydrogens (tertiary/aromatic N) is 1. The first-order valence-corrected chi connectivity index (χ1v) is 5.58. The van der Waals surface area contributed by atoms with Crippen LogP contribution < -0.4 is 10.1 Å². The quantitative estimate of drug-likeness (QED) is 0.675. The summed E-state index contributed by atoms with van der Waals surface area (Å²) in [7, 11) is 0. The van der Waals surface area contributed by atoms with Crippen molar-refractivity contribution < 1.29 is 18.8 Å². The zero-order chi connectivity index (χ0) is 13.8. The Morgan fingerprint density at radius 3 is 2.74 bits per heavy atom. The molecule has 0 bridgehead atoms. The van der Waals surface area contributed by atoms with Gasteiger partial charge in [-0.2, -0.15) is 0 Å². The number of esters is 1. The van der Waals surface area contributed by atoms with Crippen LogP contribution >= 0.6 is 0 Å². The summed E-state index contributed by atoms with van der Waals surface area (Å²) in [5.74, 6) is 0.452. The molecule has 1 amide bonds. The van der Waals surface area contributed by atoms with Crippen LogP contribution in [-0.4, -0.2) is 17.0 Å².